The van der Waals surface area contributed by atoms with Gasteiger partial charge in [0.15, 0.2) is 24.2 Å². The molecule has 0 spiro atoms. The van der Waals surface area contributed by atoms with Gasteiger partial charge >= 0.3 is 11.7 Å². The minimum absolute atomic E-state index is 0.0131. The maximum atomic E-state index is 13.2. The molecule has 10 atom stereocenters. The Morgan fingerprint density at radius 3 is 2.32 bits per heavy atom. The Kier molecular flexibility index (Phi) is 20.0. The second-order valence-corrected chi connectivity index (χ2v) is 16.0. The number of unbranched alkanes of at least 4 members (excludes halogenated alkanes) is 11. The van der Waals surface area contributed by atoms with Crippen molar-refractivity contribution in [3.8, 4) is 0 Å². The van der Waals surface area contributed by atoms with Gasteiger partial charge in [-0.2, -0.15) is 0 Å². The molecule has 18 heteroatoms. The number of nitrogens with one attached hydrogen (secondary N) is 3. The predicted molar refractivity (Wildman–Crippen MR) is 218 cm³/mol. The summed E-state index contributed by atoms with van der Waals surface area (Å²) in [6.45, 7) is 3.28. The first-order valence-corrected chi connectivity index (χ1v) is 21.6. The van der Waals surface area contributed by atoms with Crippen molar-refractivity contribution in [2.45, 2.75) is 178 Å². The van der Waals surface area contributed by atoms with Crippen molar-refractivity contribution < 1.29 is 53.4 Å². The highest BCUT2D eigenvalue weighted by Gasteiger charge is 2.54. The fourth-order valence-corrected chi connectivity index (χ4v) is 7.67. The number of aromatic amines is 1. The summed E-state index contributed by atoms with van der Waals surface area (Å²) < 4.78 is 24.2. The molecule has 3 aliphatic heterocycles. The molecule has 60 heavy (non-hydrogen) atoms. The maximum Gasteiger partial charge on any atom is 0.330 e. The lowest BCUT2D eigenvalue weighted by atomic mass is 9.94. The third-order valence-electron chi connectivity index (χ3n) is 11.1. The molecule has 1 aromatic heterocycles. The van der Waals surface area contributed by atoms with Crippen molar-refractivity contribution in [2.24, 2.45) is 11.7 Å². The van der Waals surface area contributed by atoms with Crippen LogP contribution in [0.4, 0.5) is 0 Å². The second kappa shape index (κ2) is 24.8. The van der Waals surface area contributed by atoms with Gasteiger partial charge in [-0.25, -0.2) is 4.79 Å². The van der Waals surface area contributed by atoms with Crippen LogP contribution in [0.1, 0.15) is 129 Å². The standard InChI is InChI=1S/C42H65N5O13/c1-3-4-5-6-7-8-9-10-11-12-13-14-15-16-17-21-32(51)58-35-27(25-48)34(59-40(35)47-23-22-31(50)46-42(47)56)36(37(43)53)60-41-33(52)29(49)24-30(57-41)39(55)45-28-20-18-19-26(2)44-38(28)54/h10-11,22-24,26-29,33-36,40-41,48-49,52H,3-9,12-21,25H2,1-2H3,(H2,43,53)(H,44,54)(H,45,55)(H,46,50,56)/b11-10-/t26-,27-,28+,29+,33+,34+,35-,36-,40-,41-/m1/s1. The van der Waals surface area contributed by atoms with Crippen LogP contribution in [0.15, 0.2) is 45.8 Å². The highest BCUT2D eigenvalue weighted by molar-refractivity contribution is 5.95. The number of amides is 3. The molecule has 18 nitrogen and oxygen atoms in total. The lowest BCUT2D eigenvalue weighted by Crippen LogP contribution is -2.54. The summed E-state index contributed by atoms with van der Waals surface area (Å²) in [6, 6.07) is 0.0354. The van der Waals surface area contributed by atoms with E-state index in [4.69, 9.17) is 24.7 Å². The number of nitrogens with zero attached hydrogens (tertiary/aromatic N) is 1. The van der Waals surface area contributed by atoms with Crippen LogP contribution in [0.5, 0.6) is 0 Å². The zero-order valence-electron chi connectivity index (χ0n) is 34.8. The van der Waals surface area contributed by atoms with E-state index in [0.717, 1.165) is 61.4 Å². The van der Waals surface area contributed by atoms with Gasteiger partial charge in [-0.15, -0.1) is 0 Å². The van der Waals surface area contributed by atoms with Gasteiger partial charge in [0.05, 0.1) is 12.5 Å². The van der Waals surface area contributed by atoms with E-state index >= 15 is 0 Å². The van der Waals surface area contributed by atoms with Crippen LogP contribution in [-0.2, 0) is 38.1 Å². The lowest BCUT2D eigenvalue weighted by molar-refractivity contribution is -0.239. The molecule has 2 saturated heterocycles. The van der Waals surface area contributed by atoms with Crippen LogP contribution in [0.25, 0.3) is 0 Å². The number of aliphatic hydroxyl groups is 3. The number of carbonyl (C=O) groups excluding carboxylic acids is 4. The first kappa shape index (κ1) is 48.3. The number of aliphatic hydroxyl groups excluding tert-OH is 3. The molecule has 336 valence electrons. The molecule has 1 aromatic rings. The normalized spacial score (nSPS) is 27.4. The Morgan fingerprint density at radius 2 is 1.67 bits per heavy atom. The highest BCUT2D eigenvalue weighted by atomic mass is 16.7. The molecule has 3 amide bonds. The summed E-state index contributed by atoms with van der Waals surface area (Å²) in [5.74, 6) is -4.94. The van der Waals surface area contributed by atoms with E-state index in [9.17, 15) is 44.1 Å². The smallest absolute Gasteiger partial charge is 0.330 e. The Labute approximate surface area is 350 Å². The van der Waals surface area contributed by atoms with Crippen LogP contribution in [0.3, 0.4) is 0 Å². The molecule has 0 bridgehead atoms. The number of carbonyl (C=O) groups is 4. The van der Waals surface area contributed by atoms with Crippen molar-refractivity contribution in [1.29, 1.82) is 0 Å². The molecule has 4 heterocycles. The largest absolute Gasteiger partial charge is 0.457 e. The van der Waals surface area contributed by atoms with E-state index in [1.165, 1.54) is 38.5 Å². The van der Waals surface area contributed by atoms with Gasteiger partial charge in [-0.05, 0) is 64.4 Å². The molecule has 0 aromatic carbocycles. The van der Waals surface area contributed by atoms with Crippen LogP contribution >= 0.6 is 0 Å². The first-order valence-electron chi connectivity index (χ1n) is 21.6. The number of nitrogens with two attached hydrogens (primary N) is 1. The van der Waals surface area contributed by atoms with Crippen LogP contribution in [-0.4, -0.2) is 104 Å². The number of allylic oxidation sites excluding steroid dienone is 2. The van der Waals surface area contributed by atoms with E-state index in [-0.39, 0.29) is 12.5 Å². The lowest BCUT2D eigenvalue weighted by Gasteiger charge is -2.35. The molecule has 0 unspecified atom stereocenters. The first-order chi connectivity index (χ1) is 28.8. The van der Waals surface area contributed by atoms with Crippen molar-refractivity contribution >= 4 is 23.7 Å². The monoisotopic (exact) mass is 847 g/mol. The Bertz CT molecular complexity index is 1730. The van der Waals surface area contributed by atoms with E-state index in [1.807, 2.05) is 6.92 Å². The topological polar surface area (TPSA) is 271 Å². The third-order valence-corrected chi connectivity index (χ3v) is 11.1. The molecule has 8 N–H and O–H groups in total. The van der Waals surface area contributed by atoms with Gasteiger partial charge in [0.2, 0.25) is 18.1 Å². The molecule has 0 aliphatic carbocycles. The van der Waals surface area contributed by atoms with E-state index in [2.05, 4.69) is 34.7 Å². The van der Waals surface area contributed by atoms with Crippen LogP contribution < -0.4 is 27.6 Å². The molecule has 3 aliphatic rings. The molecule has 2 fully saturated rings. The molecular weight excluding hydrogens is 782 g/mol. The van der Waals surface area contributed by atoms with E-state index < -0.39 is 102 Å². The zero-order valence-corrected chi connectivity index (χ0v) is 34.8. The number of rotatable bonds is 24. The number of hydrogen-bond acceptors (Lipinski definition) is 13. The van der Waals surface area contributed by atoms with Gasteiger partial charge in [0.1, 0.15) is 24.4 Å². The average Bonchev–Trinajstić information content (AvgIpc) is 3.46. The number of hydrogen-bond donors (Lipinski definition) is 7. The fourth-order valence-electron chi connectivity index (χ4n) is 7.67. The molecular formula is C42H65N5O13. The van der Waals surface area contributed by atoms with Gasteiger partial charge in [-0.1, -0.05) is 70.4 Å². The zero-order chi connectivity index (χ0) is 43.6. The Hall–Kier alpha value is -4.36. The minimum atomic E-state index is -1.91. The maximum absolute atomic E-state index is 13.2. The molecule has 4 rings (SSSR count). The Morgan fingerprint density at radius 1 is 1.00 bits per heavy atom. The highest BCUT2D eigenvalue weighted by Crippen LogP contribution is 2.39. The average molecular weight is 848 g/mol. The van der Waals surface area contributed by atoms with Crippen LogP contribution in [0, 0.1) is 5.92 Å². The number of aromatic nitrogens is 2. The number of primary amides is 1. The summed E-state index contributed by atoms with van der Waals surface area (Å²) in [7, 11) is 0. The molecule has 0 radical (unpaired) electrons. The van der Waals surface area contributed by atoms with E-state index in [0.29, 0.717) is 25.7 Å². The minimum Gasteiger partial charge on any atom is -0.457 e. The third kappa shape index (κ3) is 14.4. The van der Waals surface area contributed by atoms with Gasteiger partial charge in [0.25, 0.3) is 11.5 Å². The van der Waals surface area contributed by atoms with Crippen molar-refractivity contribution in [1.82, 2.24) is 20.2 Å². The summed E-state index contributed by atoms with van der Waals surface area (Å²) >= 11 is 0. The number of ether oxygens (including phenoxy) is 4. The summed E-state index contributed by atoms with van der Waals surface area (Å²) in [5, 5.41) is 37.4. The predicted octanol–water partition coefficient (Wildman–Crippen LogP) is 2.00. The summed E-state index contributed by atoms with van der Waals surface area (Å²) in [5.41, 5.74) is 4.09. The fraction of sp³-hybridized carbons (Fsp3) is 0.714. The van der Waals surface area contributed by atoms with Gasteiger partial charge < -0.3 is 50.6 Å². The summed E-state index contributed by atoms with van der Waals surface area (Å²) in [4.78, 5) is 79.0. The van der Waals surface area contributed by atoms with Crippen molar-refractivity contribution in [2.75, 3.05) is 6.61 Å². The SMILES string of the molecule is CCCCCCCC/C=C\CCCCCCCC(=O)O[C@@H]1[C@H](CO)[C@@H]([C@@H](O[C@H]2OC(C(=O)N[C@H]3CCC[C@@H](C)NC3=O)=C[C@H](O)[C@@H]2O)C(N)=O)O[C@H]1n1ccc(=O)[nH]c1=O. The van der Waals surface area contributed by atoms with Crippen molar-refractivity contribution in [3.63, 3.8) is 0 Å². The van der Waals surface area contributed by atoms with Gasteiger partial charge in [0, 0.05) is 24.7 Å². The second-order valence-electron chi connectivity index (χ2n) is 16.0. The van der Waals surface area contributed by atoms with Crippen molar-refractivity contribution in [3.05, 3.63) is 57.1 Å². The number of esters is 1. The van der Waals surface area contributed by atoms with E-state index in [1.54, 1.807) is 0 Å². The number of H-pyrrole nitrogens is 1. The Balaban J connectivity index is 1.37. The van der Waals surface area contributed by atoms with Gasteiger partial charge in [-0.3, -0.25) is 33.5 Å². The quantitative estimate of drug-likeness (QED) is 0.0446. The molecule has 0 saturated carbocycles. The summed E-state index contributed by atoms with van der Waals surface area (Å²) in [6.07, 6.45) is 10.4. The van der Waals surface area contributed by atoms with Crippen LogP contribution in [0.2, 0.25) is 0 Å².